The Morgan fingerprint density at radius 2 is 1.94 bits per heavy atom. The summed E-state index contributed by atoms with van der Waals surface area (Å²) in [6.45, 7) is 1.60. The predicted molar refractivity (Wildman–Crippen MR) is 124 cm³/mol. The lowest BCUT2D eigenvalue weighted by atomic mass is 9.92. The Bertz CT molecular complexity index is 1130. The maximum atomic E-state index is 6.02. The molecule has 31 heavy (non-hydrogen) atoms. The van der Waals surface area contributed by atoms with Gasteiger partial charge >= 0.3 is 0 Å². The normalized spacial score (nSPS) is 15.1. The van der Waals surface area contributed by atoms with Crippen LogP contribution >= 0.6 is 0 Å². The predicted octanol–water partition coefficient (Wildman–Crippen LogP) is 5.01. The third-order valence-corrected chi connectivity index (χ3v) is 5.77. The molecule has 2 aromatic heterocycles. The zero-order valence-corrected chi connectivity index (χ0v) is 17.5. The van der Waals surface area contributed by atoms with Gasteiger partial charge in [0.25, 0.3) is 0 Å². The molecule has 1 N–H and O–H groups in total. The van der Waals surface area contributed by atoms with Crippen molar-refractivity contribution in [1.82, 2.24) is 14.8 Å². The number of hydrogen-bond acceptors (Lipinski definition) is 5. The van der Waals surface area contributed by atoms with E-state index in [-0.39, 0.29) is 0 Å². The molecule has 0 aliphatic carbocycles. The minimum Gasteiger partial charge on any atom is -0.493 e. The molecule has 6 nitrogen and oxygen atoms in total. The van der Waals surface area contributed by atoms with Crippen molar-refractivity contribution in [3.8, 4) is 11.4 Å². The fraction of sp³-hybridized carbons (Fsp3) is 0.200. The van der Waals surface area contributed by atoms with Gasteiger partial charge < -0.3 is 15.0 Å². The molecule has 0 spiro atoms. The Kier molecular flexibility index (Phi) is 5.27. The molecule has 156 valence electrons. The van der Waals surface area contributed by atoms with Gasteiger partial charge in [0.05, 0.1) is 18.0 Å². The minimum absolute atomic E-state index is 0.414. The average molecular weight is 412 g/mol. The number of aromatic nitrogens is 3. The molecule has 0 amide bonds. The molecule has 0 saturated carbocycles. The second kappa shape index (κ2) is 8.52. The van der Waals surface area contributed by atoms with Crippen molar-refractivity contribution in [2.24, 2.45) is 0 Å². The van der Waals surface area contributed by atoms with Crippen LogP contribution in [-0.2, 0) is 0 Å². The molecule has 0 bridgehead atoms. The van der Waals surface area contributed by atoms with Gasteiger partial charge in [0.15, 0.2) is 0 Å². The number of nitrogens with zero attached hydrogens (tertiary/aromatic N) is 4. The Morgan fingerprint density at radius 3 is 2.71 bits per heavy atom. The Balaban J connectivity index is 1.32. The first-order valence-electron chi connectivity index (χ1n) is 10.5. The Hall–Kier alpha value is -3.80. The topological polar surface area (TPSA) is 55.2 Å². The summed E-state index contributed by atoms with van der Waals surface area (Å²) in [6.07, 6.45) is 8.38. The van der Waals surface area contributed by atoms with Crippen molar-refractivity contribution in [1.29, 1.82) is 0 Å². The van der Waals surface area contributed by atoms with Gasteiger partial charge in [-0.3, -0.25) is 4.98 Å². The first kappa shape index (κ1) is 19.2. The summed E-state index contributed by atoms with van der Waals surface area (Å²) in [5.74, 6) is 1.39. The molecular weight excluding hydrogens is 386 g/mol. The zero-order valence-electron chi connectivity index (χ0n) is 17.5. The highest BCUT2D eigenvalue weighted by Crippen LogP contribution is 2.37. The van der Waals surface area contributed by atoms with E-state index in [1.807, 2.05) is 35.3 Å². The molecule has 6 heteroatoms. The van der Waals surface area contributed by atoms with Crippen molar-refractivity contribution in [2.45, 2.75) is 12.3 Å². The highest BCUT2D eigenvalue weighted by Gasteiger charge is 2.22. The number of pyridine rings is 1. The Labute approximate surface area is 182 Å². The summed E-state index contributed by atoms with van der Waals surface area (Å²) in [6, 6.07) is 20.8. The SMILES string of the molecule is CN(c1ccc(-n2cccn2)cc1)c1ccc2c(c1)OCC[C@H]2CNc1cccnc1. The van der Waals surface area contributed by atoms with Gasteiger partial charge in [-0.05, 0) is 60.5 Å². The van der Waals surface area contributed by atoms with E-state index in [2.05, 4.69) is 69.8 Å². The molecule has 0 radical (unpaired) electrons. The van der Waals surface area contributed by atoms with E-state index in [0.29, 0.717) is 5.92 Å². The molecule has 5 rings (SSSR count). The third kappa shape index (κ3) is 4.10. The maximum Gasteiger partial charge on any atom is 0.124 e. The fourth-order valence-electron chi connectivity index (χ4n) is 3.98. The first-order valence-corrected chi connectivity index (χ1v) is 10.5. The highest BCUT2D eigenvalue weighted by molar-refractivity contribution is 5.66. The highest BCUT2D eigenvalue weighted by atomic mass is 16.5. The van der Waals surface area contributed by atoms with Crippen LogP contribution in [0.5, 0.6) is 5.75 Å². The number of fused-ring (bicyclic) bond motifs is 1. The van der Waals surface area contributed by atoms with Crippen LogP contribution in [0, 0.1) is 0 Å². The molecule has 1 aliphatic heterocycles. The van der Waals surface area contributed by atoms with Crippen molar-refractivity contribution in [2.75, 3.05) is 30.4 Å². The first-order chi connectivity index (χ1) is 15.3. The summed E-state index contributed by atoms with van der Waals surface area (Å²) in [5.41, 5.74) is 5.56. The number of rotatable bonds is 6. The van der Waals surface area contributed by atoms with Gasteiger partial charge in [0.2, 0.25) is 0 Å². The lowest BCUT2D eigenvalue weighted by molar-refractivity contribution is 0.270. The summed E-state index contributed by atoms with van der Waals surface area (Å²) in [5, 5.41) is 7.79. The quantitative estimate of drug-likeness (QED) is 0.483. The monoisotopic (exact) mass is 411 g/mol. The third-order valence-electron chi connectivity index (χ3n) is 5.77. The number of ether oxygens (including phenoxy) is 1. The van der Waals surface area contributed by atoms with Gasteiger partial charge in [0, 0.05) is 61.7 Å². The molecule has 1 aliphatic rings. The second-order valence-corrected chi connectivity index (χ2v) is 7.70. The molecule has 0 saturated heterocycles. The van der Waals surface area contributed by atoms with Crippen LogP contribution in [0.15, 0.2) is 85.5 Å². The number of hydrogen-bond donors (Lipinski definition) is 1. The van der Waals surface area contributed by atoms with E-state index in [1.54, 1.807) is 12.4 Å². The second-order valence-electron chi connectivity index (χ2n) is 7.70. The van der Waals surface area contributed by atoms with Crippen LogP contribution < -0.4 is 15.0 Å². The lowest BCUT2D eigenvalue weighted by Gasteiger charge is -2.28. The van der Waals surface area contributed by atoms with Crippen molar-refractivity contribution < 1.29 is 4.74 Å². The van der Waals surface area contributed by atoms with E-state index in [4.69, 9.17) is 4.74 Å². The molecule has 2 aromatic carbocycles. The number of nitrogens with one attached hydrogen (secondary N) is 1. The Morgan fingerprint density at radius 1 is 1.06 bits per heavy atom. The van der Waals surface area contributed by atoms with Crippen molar-refractivity contribution in [3.63, 3.8) is 0 Å². The fourth-order valence-corrected chi connectivity index (χ4v) is 3.98. The largest absolute Gasteiger partial charge is 0.493 e. The standard InChI is InChI=1S/C25H25N5O/c1-29(21-5-7-22(8-6-21)30-14-3-13-28-30)23-9-10-24-19(11-15-31-25(24)16-23)17-27-20-4-2-12-26-18-20/h2-10,12-14,16,18-19,27H,11,15,17H2,1H3/t19-/m0/s1. The van der Waals surface area contributed by atoms with Gasteiger partial charge in [-0.25, -0.2) is 4.68 Å². The van der Waals surface area contributed by atoms with Crippen molar-refractivity contribution in [3.05, 3.63) is 91.0 Å². The lowest BCUT2D eigenvalue weighted by Crippen LogP contribution is -2.21. The van der Waals surface area contributed by atoms with Crippen LogP contribution in [-0.4, -0.2) is 35.0 Å². The van der Waals surface area contributed by atoms with Gasteiger partial charge in [-0.2, -0.15) is 5.10 Å². The molecule has 1 atom stereocenters. The van der Waals surface area contributed by atoms with Crippen LogP contribution in [0.3, 0.4) is 0 Å². The summed E-state index contributed by atoms with van der Waals surface area (Å²) in [4.78, 5) is 6.35. The van der Waals surface area contributed by atoms with Gasteiger partial charge in [-0.1, -0.05) is 6.07 Å². The van der Waals surface area contributed by atoms with E-state index >= 15 is 0 Å². The number of anilines is 3. The number of benzene rings is 2. The maximum absolute atomic E-state index is 6.02. The summed E-state index contributed by atoms with van der Waals surface area (Å²) in [7, 11) is 2.08. The van der Waals surface area contributed by atoms with Gasteiger partial charge in [0.1, 0.15) is 5.75 Å². The smallest absolute Gasteiger partial charge is 0.124 e. The van der Waals surface area contributed by atoms with Crippen LogP contribution in [0.1, 0.15) is 17.9 Å². The molecular formula is C25H25N5O. The molecule has 0 fully saturated rings. The minimum atomic E-state index is 0.414. The summed E-state index contributed by atoms with van der Waals surface area (Å²) < 4.78 is 7.88. The van der Waals surface area contributed by atoms with E-state index in [0.717, 1.165) is 48.1 Å². The zero-order chi connectivity index (χ0) is 21.0. The van der Waals surface area contributed by atoms with Crippen LogP contribution in [0.2, 0.25) is 0 Å². The van der Waals surface area contributed by atoms with Crippen LogP contribution in [0.25, 0.3) is 5.69 Å². The van der Waals surface area contributed by atoms with E-state index in [1.165, 1.54) is 5.56 Å². The summed E-state index contributed by atoms with van der Waals surface area (Å²) >= 11 is 0. The molecule has 4 aromatic rings. The van der Waals surface area contributed by atoms with Crippen LogP contribution in [0.4, 0.5) is 17.1 Å². The van der Waals surface area contributed by atoms with Crippen molar-refractivity contribution >= 4 is 17.1 Å². The van der Waals surface area contributed by atoms with E-state index < -0.39 is 0 Å². The molecule has 0 unspecified atom stereocenters. The van der Waals surface area contributed by atoms with E-state index in [9.17, 15) is 0 Å². The average Bonchev–Trinajstić information content (AvgIpc) is 3.38. The van der Waals surface area contributed by atoms with Gasteiger partial charge in [-0.15, -0.1) is 0 Å². The molecule has 3 heterocycles.